The molecule has 0 aromatic heterocycles. The van der Waals surface area contributed by atoms with Crippen molar-refractivity contribution in [1.29, 1.82) is 0 Å². The third kappa shape index (κ3) is 2.80. The molecule has 0 aliphatic carbocycles. The number of hydrogen-bond donors (Lipinski definition) is 0. The van der Waals surface area contributed by atoms with Gasteiger partial charge in [0.05, 0.1) is 0 Å². The zero-order chi connectivity index (χ0) is 13.2. The van der Waals surface area contributed by atoms with Gasteiger partial charge < -0.3 is 4.74 Å². The smallest absolute Gasteiger partial charge is 0.402 e. The van der Waals surface area contributed by atoms with E-state index >= 15 is 0 Å². The van der Waals surface area contributed by atoms with E-state index in [0.29, 0.717) is 5.56 Å². The Morgan fingerprint density at radius 3 is 2.11 bits per heavy atom. The van der Waals surface area contributed by atoms with E-state index in [9.17, 15) is 17.6 Å². The van der Waals surface area contributed by atoms with Gasteiger partial charge in [-0.25, -0.2) is 4.39 Å². The van der Waals surface area contributed by atoms with Crippen molar-refractivity contribution >= 4 is 0 Å². The van der Waals surface area contributed by atoms with Gasteiger partial charge in [-0.2, -0.15) is 0 Å². The molecule has 0 amide bonds. The molecular weight excluding hydrogens is 248 g/mol. The van der Waals surface area contributed by atoms with E-state index in [1.165, 1.54) is 12.1 Å². The molecule has 2 rings (SSSR count). The molecule has 0 bridgehead atoms. The molecule has 2 aromatic carbocycles. The predicted octanol–water partition coefficient (Wildman–Crippen LogP) is 4.39. The van der Waals surface area contributed by atoms with E-state index in [-0.39, 0.29) is 5.56 Å². The number of para-hydroxylation sites is 1. The van der Waals surface area contributed by atoms with Gasteiger partial charge in [0.25, 0.3) is 0 Å². The predicted molar refractivity (Wildman–Crippen MR) is 58.5 cm³/mol. The lowest BCUT2D eigenvalue weighted by atomic mass is 10.0. The van der Waals surface area contributed by atoms with Gasteiger partial charge in [-0.15, -0.1) is 13.2 Å². The molecule has 2 aromatic rings. The van der Waals surface area contributed by atoms with E-state index in [4.69, 9.17) is 0 Å². The normalized spacial score (nSPS) is 11.3. The summed E-state index contributed by atoms with van der Waals surface area (Å²) in [6.45, 7) is 0. The van der Waals surface area contributed by atoms with E-state index in [0.717, 1.165) is 6.07 Å². The summed E-state index contributed by atoms with van der Waals surface area (Å²) in [5, 5.41) is 0. The quantitative estimate of drug-likeness (QED) is 0.724. The number of ether oxygens (including phenoxy) is 1. The van der Waals surface area contributed by atoms with Gasteiger partial charge in [-0.1, -0.05) is 42.5 Å². The second-order valence-corrected chi connectivity index (χ2v) is 3.53. The summed E-state index contributed by atoms with van der Waals surface area (Å²) < 4.78 is 53.9. The van der Waals surface area contributed by atoms with Crippen LogP contribution in [-0.4, -0.2) is 6.36 Å². The average molecular weight is 256 g/mol. The lowest BCUT2D eigenvalue weighted by Crippen LogP contribution is -2.18. The minimum atomic E-state index is -4.92. The van der Waals surface area contributed by atoms with E-state index in [1.807, 2.05) is 0 Å². The Labute approximate surface area is 101 Å². The first-order valence-electron chi connectivity index (χ1n) is 5.07. The fraction of sp³-hybridized carbons (Fsp3) is 0.0769. The Balaban J connectivity index is 2.51. The maximum atomic E-state index is 13.4. The molecule has 0 N–H and O–H groups in total. The van der Waals surface area contributed by atoms with Crippen molar-refractivity contribution in [3.63, 3.8) is 0 Å². The Kier molecular flexibility index (Phi) is 3.23. The molecule has 18 heavy (non-hydrogen) atoms. The van der Waals surface area contributed by atoms with Crippen molar-refractivity contribution < 1.29 is 22.3 Å². The zero-order valence-corrected chi connectivity index (χ0v) is 9.04. The van der Waals surface area contributed by atoms with Crippen LogP contribution in [0.15, 0.2) is 48.5 Å². The van der Waals surface area contributed by atoms with Gasteiger partial charge in [0, 0.05) is 5.56 Å². The van der Waals surface area contributed by atoms with Gasteiger partial charge in [0.2, 0.25) is 0 Å². The largest absolute Gasteiger partial charge is 0.573 e. The lowest BCUT2D eigenvalue weighted by Gasteiger charge is -2.14. The van der Waals surface area contributed by atoms with Crippen molar-refractivity contribution in [2.45, 2.75) is 6.36 Å². The van der Waals surface area contributed by atoms with E-state index < -0.39 is 17.9 Å². The molecular formula is C13H8F4O. The Morgan fingerprint density at radius 2 is 1.50 bits per heavy atom. The topological polar surface area (TPSA) is 9.23 Å². The van der Waals surface area contributed by atoms with E-state index in [2.05, 4.69) is 4.74 Å². The highest BCUT2D eigenvalue weighted by atomic mass is 19.4. The van der Waals surface area contributed by atoms with Crippen molar-refractivity contribution in [2.24, 2.45) is 0 Å². The van der Waals surface area contributed by atoms with Crippen LogP contribution in [-0.2, 0) is 0 Å². The van der Waals surface area contributed by atoms with Crippen LogP contribution in [0.1, 0.15) is 0 Å². The molecule has 0 atom stereocenters. The van der Waals surface area contributed by atoms with E-state index in [1.54, 1.807) is 30.3 Å². The van der Waals surface area contributed by atoms with Crippen LogP contribution < -0.4 is 4.74 Å². The summed E-state index contributed by atoms with van der Waals surface area (Å²) in [6.07, 6.45) is -4.92. The number of benzene rings is 2. The Hall–Kier alpha value is -2.04. The second kappa shape index (κ2) is 4.68. The minimum absolute atomic E-state index is 0.0629. The molecule has 0 aliphatic heterocycles. The highest BCUT2D eigenvalue weighted by Crippen LogP contribution is 2.35. The minimum Gasteiger partial charge on any atom is -0.402 e. The summed E-state index contributed by atoms with van der Waals surface area (Å²) in [5.74, 6) is -1.86. The van der Waals surface area contributed by atoms with Gasteiger partial charge in [-0.05, 0) is 11.6 Å². The fourth-order valence-corrected chi connectivity index (χ4v) is 1.57. The highest BCUT2D eigenvalue weighted by Gasteiger charge is 2.33. The highest BCUT2D eigenvalue weighted by molar-refractivity contribution is 5.70. The lowest BCUT2D eigenvalue weighted by molar-refractivity contribution is -0.275. The van der Waals surface area contributed by atoms with Crippen LogP contribution in [0.4, 0.5) is 17.6 Å². The second-order valence-electron chi connectivity index (χ2n) is 3.53. The van der Waals surface area contributed by atoms with Crippen LogP contribution in [0.5, 0.6) is 5.75 Å². The summed E-state index contributed by atoms with van der Waals surface area (Å²) in [5.41, 5.74) is 0.518. The average Bonchev–Trinajstić information content (AvgIpc) is 2.31. The SMILES string of the molecule is Fc1cccc(-c2ccccc2)c1OC(F)(F)F. The van der Waals surface area contributed by atoms with Gasteiger partial charge in [0.15, 0.2) is 11.6 Å². The molecule has 0 fully saturated rings. The third-order valence-corrected chi connectivity index (χ3v) is 2.27. The number of alkyl halides is 3. The van der Waals surface area contributed by atoms with Crippen LogP contribution in [0.25, 0.3) is 11.1 Å². The summed E-state index contributed by atoms with van der Waals surface area (Å²) in [7, 11) is 0. The van der Waals surface area contributed by atoms with Crippen LogP contribution >= 0.6 is 0 Å². The molecule has 5 heteroatoms. The van der Waals surface area contributed by atoms with Crippen molar-refractivity contribution in [2.75, 3.05) is 0 Å². The summed E-state index contributed by atoms with van der Waals surface area (Å²) in [6, 6.07) is 11.8. The van der Waals surface area contributed by atoms with Crippen molar-refractivity contribution in [3.05, 3.63) is 54.3 Å². The van der Waals surface area contributed by atoms with Gasteiger partial charge in [-0.3, -0.25) is 0 Å². The molecule has 0 radical (unpaired) electrons. The van der Waals surface area contributed by atoms with Crippen molar-refractivity contribution in [1.82, 2.24) is 0 Å². The Bertz CT molecular complexity index is 534. The maximum Gasteiger partial charge on any atom is 0.573 e. The van der Waals surface area contributed by atoms with Crippen molar-refractivity contribution in [3.8, 4) is 16.9 Å². The van der Waals surface area contributed by atoms with Crippen LogP contribution in [0.3, 0.4) is 0 Å². The number of halogens is 4. The van der Waals surface area contributed by atoms with Crippen LogP contribution in [0.2, 0.25) is 0 Å². The Morgan fingerprint density at radius 1 is 0.833 bits per heavy atom. The van der Waals surface area contributed by atoms with Gasteiger partial charge in [0.1, 0.15) is 0 Å². The first kappa shape index (κ1) is 12.4. The molecule has 0 unspecified atom stereocenters. The molecule has 1 nitrogen and oxygen atoms in total. The molecule has 0 heterocycles. The zero-order valence-electron chi connectivity index (χ0n) is 9.04. The summed E-state index contributed by atoms with van der Waals surface area (Å²) >= 11 is 0. The van der Waals surface area contributed by atoms with Crippen LogP contribution in [0, 0.1) is 5.82 Å². The standard InChI is InChI=1S/C13H8F4O/c14-11-8-4-7-10(9-5-2-1-3-6-9)12(11)18-13(15,16)17/h1-8H. The first-order chi connectivity index (χ1) is 8.47. The summed E-state index contributed by atoms with van der Waals surface area (Å²) in [4.78, 5) is 0. The third-order valence-electron chi connectivity index (χ3n) is 2.27. The maximum absolute atomic E-state index is 13.4. The number of rotatable bonds is 2. The monoisotopic (exact) mass is 256 g/mol. The molecule has 0 saturated carbocycles. The molecule has 0 aliphatic rings. The molecule has 0 spiro atoms. The first-order valence-corrected chi connectivity index (χ1v) is 5.07. The molecule has 94 valence electrons. The fourth-order valence-electron chi connectivity index (χ4n) is 1.57. The molecule has 0 saturated heterocycles. The van der Waals surface area contributed by atoms with Gasteiger partial charge >= 0.3 is 6.36 Å². The number of hydrogen-bond acceptors (Lipinski definition) is 1.